The Bertz CT molecular complexity index is 1190. The zero-order valence-corrected chi connectivity index (χ0v) is 20.3. The largest absolute Gasteiger partial charge is 0.378 e. The highest BCUT2D eigenvalue weighted by molar-refractivity contribution is 5.89. The van der Waals surface area contributed by atoms with Crippen LogP contribution in [0, 0.1) is 6.92 Å². The van der Waals surface area contributed by atoms with Gasteiger partial charge in [-0.05, 0) is 56.7 Å². The number of carbonyl (C=O) groups is 1. The van der Waals surface area contributed by atoms with Gasteiger partial charge >= 0.3 is 6.03 Å². The zero-order valence-electron chi connectivity index (χ0n) is 20.3. The molecule has 2 N–H and O–H groups in total. The Kier molecular flexibility index (Phi) is 6.76. The van der Waals surface area contributed by atoms with Gasteiger partial charge in [-0.15, -0.1) is 0 Å². The molecule has 0 aliphatic carbocycles. The van der Waals surface area contributed by atoms with E-state index in [1.807, 2.05) is 50.2 Å². The lowest BCUT2D eigenvalue weighted by Crippen LogP contribution is -2.39. The molecule has 0 unspecified atom stereocenters. The van der Waals surface area contributed by atoms with Gasteiger partial charge in [0.25, 0.3) is 0 Å². The molecule has 5 rings (SSSR count). The standard InChI is InChI=1S/C26H31N7O2/c1-3-27-26(34)29-20-9-7-19(8-10-20)24-30-22-17-33(23-6-4-5-18(2)28-23)12-11-21(22)25(31-24)32-13-15-35-16-14-32/h4-10H,3,11-17H2,1-2H3,(H2,27,29,34). The Morgan fingerprint density at radius 2 is 1.80 bits per heavy atom. The van der Waals surface area contributed by atoms with E-state index < -0.39 is 0 Å². The van der Waals surface area contributed by atoms with Gasteiger partial charge in [0.1, 0.15) is 11.6 Å². The second kappa shape index (κ2) is 10.3. The fourth-order valence-corrected chi connectivity index (χ4v) is 4.52. The molecule has 0 saturated carbocycles. The van der Waals surface area contributed by atoms with Gasteiger partial charge in [-0.3, -0.25) is 0 Å². The van der Waals surface area contributed by atoms with Crippen LogP contribution >= 0.6 is 0 Å². The van der Waals surface area contributed by atoms with E-state index in [4.69, 9.17) is 19.7 Å². The van der Waals surface area contributed by atoms with Gasteiger partial charge in [0.2, 0.25) is 0 Å². The number of amides is 2. The van der Waals surface area contributed by atoms with Crippen molar-refractivity contribution < 1.29 is 9.53 Å². The second-order valence-corrected chi connectivity index (χ2v) is 8.77. The molecule has 182 valence electrons. The summed E-state index contributed by atoms with van der Waals surface area (Å²) in [5.41, 5.74) is 4.90. The Balaban J connectivity index is 1.48. The normalized spacial score (nSPS) is 15.5. The smallest absolute Gasteiger partial charge is 0.319 e. The van der Waals surface area contributed by atoms with Crippen molar-refractivity contribution >= 4 is 23.4 Å². The van der Waals surface area contributed by atoms with Gasteiger partial charge in [0.15, 0.2) is 5.82 Å². The zero-order chi connectivity index (χ0) is 24.2. The monoisotopic (exact) mass is 473 g/mol. The molecule has 9 nitrogen and oxygen atoms in total. The molecule has 3 aromatic rings. The summed E-state index contributed by atoms with van der Waals surface area (Å²) >= 11 is 0. The SMILES string of the molecule is CCNC(=O)Nc1ccc(-c2nc3c(c(N4CCOCC4)n2)CCN(c2cccc(C)n2)C3)cc1. The number of aromatic nitrogens is 3. The molecule has 0 bridgehead atoms. The molecule has 4 heterocycles. The fourth-order valence-electron chi connectivity index (χ4n) is 4.52. The first-order valence-corrected chi connectivity index (χ1v) is 12.2. The van der Waals surface area contributed by atoms with E-state index >= 15 is 0 Å². The third-order valence-electron chi connectivity index (χ3n) is 6.29. The number of urea groups is 1. The van der Waals surface area contributed by atoms with Crippen LogP contribution in [0.3, 0.4) is 0 Å². The summed E-state index contributed by atoms with van der Waals surface area (Å²) in [6.07, 6.45) is 0.868. The summed E-state index contributed by atoms with van der Waals surface area (Å²) in [5, 5.41) is 5.58. The van der Waals surface area contributed by atoms with E-state index in [0.717, 1.165) is 60.3 Å². The van der Waals surface area contributed by atoms with Crippen molar-refractivity contribution in [2.45, 2.75) is 26.8 Å². The van der Waals surface area contributed by atoms with Crippen molar-refractivity contribution in [3.05, 3.63) is 59.4 Å². The van der Waals surface area contributed by atoms with Crippen molar-refractivity contribution in [1.82, 2.24) is 20.3 Å². The third-order valence-corrected chi connectivity index (χ3v) is 6.29. The molecular weight excluding hydrogens is 442 g/mol. The van der Waals surface area contributed by atoms with Gasteiger partial charge in [0, 0.05) is 48.7 Å². The maximum absolute atomic E-state index is 11.8. The van der Waals surface area contributed by atoms with Gasteiger partial charge in [-0.2, -0.15) is 0 Å². The molecule has 0 atom stereocenters. The Labute approximate surface area is 205 Å². The van der Waals surface area contributed by atoms with Crippen molar-refractivity contribution in [3.63, 3.8) is 0 Å². The summed E-state index contributed by atoms with van der Waals surface area (Å²) in [6.45, 7) is 9.09. The molecule has 0 spiro atoms. The molecule has 1 aromatic carbocycles. The van der Waals surface area contributed by atoms with Crippen LogP contribution in [0.1, 0.15) is 23.9 Å². The van der Waals surface area contributed by atoms with Gasteiger partial charge in [-0.1, -0.05) is 6.07 Å². The highest BCUT2D eigenvalue weighted by Crippen LogP contribution is 2.31. The van der Waals surface area contributed by atoms with Gasteiger partial charge < -0.3 is 25.2 Å². The van der Waals surface area contributed by atoms with Crippen LogP contribution in [-0.4, -0.2) is 60.4 Å². The van der Waals surface area contributed by atoms with E-state index in [1.165, 1.54) is 5.56 Å². The minimum absolute atomic E-state index is 0.218. The number of pyridine rings is 1. The summed E-state index contributed by atoms with van der Waals surface area (Å²) < 4.78 is 5.59. The minimum atomic E-state index is -0.218. The lowest BCUT2D eigenvalue weighted by molar-refractivity contribution is 0.122. The first kappa shape index (κ1) is 23.0. The maximum Gasteiger partial charge on any atom is 0.319 e. The lowest BCUT2D eigenvalue weighted by atomic mass is 10.0. The third kappa shape index (κ3) is 5.19. The highest BCUT2D eigenvalue weighted by Gasteiger charge is 2.27. The number of hydrogen-bond donors (Lipinski definition) is 2. The Morgan fingerprint density at radius 3 is 2.54 bits per heavy atom. The number of nitrogens with one attached hydrogen (secondary N) is 2. The summed E-state index contributed by atoms with van der Waals surface area (Å²) in [4.78, 5) is 31.2. The predicted octanol–water partition coefficient (Wildman–Crippen LogP) is 3.39. The lowest BCUT2D eigenvalue weighted by Gasteiger charge is -2.34. The highest BCUT2D eigenvalue weighted by atomic mass is 16.5. The second-order valence-electron chi connectivity index (χ2n) is 8.77. The minimum Gasteiger partial charge on any atom is -0.378 e. The van der Waals surface area contributed by atoms with E-state index in [1.54, 1.807) is 0 Å². The Morgan fingerprint density at radius 1 is 1.00 bits per heavy atom. The molecule has 1 saturated heterocycles. The molecule has 1 fully saturated rings. The number of anilines is 3. The number of rotatable bonds is 5. The van der Waals surface area contributed by atoms with E-state index in [0.29, 0.717) is 32.1 Å². The Hall–Kier alpha value is -3.72. The van der Waals surface area contributed by atoms with Crippen LogP contribution in [0.4, 0.5) is 22.1 Å². The van der Waals surface area contributed by atoms with E-state index in [9.17, 15) is 4.79 Å². The summed E-state index contributed by atoms with van der Waals surface area (Å²) in [6, 6.07) is 13.6. The van der Waals surface area contributed by atoms with E-state index in [-0.39, 0.29) is 6.03 Å². The predicted molar refractivity (Wildman–Crippen MR) is 137 cm³/mol. The van der Waals surface area contributed by atoms with Crippen molar-refractivity contribution in [2.24, 2.45) is 0 Å². The maximum atomic E-state index is 11.8. The topological polar surface area (TPSA) is 95.5 Å². The summed E-state index contributed by atoms with van der Waals surface area (Å²) in [5.74, 6) is 2.67. The fraction of sp³-hybridized carbons (Fsp3) is 0.385. The quantitative estimate of drug-likeness (QED) is 0.586. The summed E-state index contributed by atoms with van der Waals surface area (Å²) in [7, 11) is 0. The first-order valence-electron chi connectivity index (χ1n) is 12.2. The van der Waals surface area contributed by atoms with Crippen LogP contribution in [0.5, 0.6) is 0 Å². The average Bonchev–Trinajstić information content (AvgIpc) is 2.89. The van der Waals surface area contributed by atoms with Crippen LogP contribution < -0.4 is 20.4 Å². The molecule has 2 amide bonds. The molecule has 2 aliphatic heterocycles. The molecule has 2 aliphatic rings. The number of hydrogen-bond acceptors (Lipinski definition) is 7. The van der Waals surface area contributed by atoms with Gasteiger partial charge in [0.05, 0.1) is 25.5 Å². The average molecular weight is 474 g/mol. The molecule has 35 heavy (non-hydrogen) atoms. The van der Waals surface area contributed by atoms with Gasteiger partial charge in [-0.25, -0.2) is 19.7 Å². The molecule has 9 heteroatoms. The molecular formula is C26H31N7O2. The number of ether oxygens (including phenoxy) is 1. The number of fused-ring (bicyclic) bond motifs is 1. The van der Waals surface area contributed by atoms with Crippen LogP contribution in [-0.2, 0) is 17.7 Å². The first-order chi connectivity index (χ1) is 17.1. The van der Waals surface area contributed by atoms with Crippen molar-refractivity contribution in [2.75, 3.05) is 54.5 Å². The van der Waals surface area contributed by atoms with Crippen LogP contribution in [0.25, 0.3) is 11.4 Å². The number of aryl methyl sites for hydroxylation is 1. The number of benzene rings is 1. The van der Waals surface area contributed by atoms with Crippen LogP contribution in [0.2, 0.25) is 0 Å². The molecule has 2 aromatic heterocycles. The van der Waals surface area contributed by atoms with Crippen molar-refractivity contribution in [1.29, 1.82) is 0 Å². The number of carbonyl (C=O) groups excluding carboxylic acids is 1. The molecule has 0 radical (unpaired) electrons. The number of morpholine rings is 1. The van der Waals surface area contributed by atoms with E-state index in [2.05, 4.69) is 26.5 Å². The number of nitrogens with zero attached hydrogens (tertiary/aromatic N) is 5. The van der Waals surface area contributed by atoms with Crippen LogP contribution in [0.15, 0.2) is 42.5 Å². The van der Waals surface area contributed by atoms with Crippen molar-refractivity contribution in [3.8, 4) is 11.4 Å².